The van der Waals surface area contributed by atoms with Crippen LogP contribution in [0.4, 0.5) is 10.8 Å². The Morgan fingerprint density at radius 1 is 1.12 bits per heavy atom. The van der Waals surface area contributed by atoms with Gasteiger partial charge in [0.2, 0.25) is 0 Å². The highest BCUT2D eigenvalue weighted by molar-refractivity contribution is 7.21. The number of para-hydroxylation sites is 1. The van der Waals surface area contributed by atoms with Gasteiger partial charge in [0.15, 0.2) is 10.8 Å². The molecule has 0 saturated heterocycles. The largest absolute Gasteiger partial charge is 0.457 e. The van der Waals surface area contributed by atoms with Gasteiger partial charge in [0.25, 0.3) is 0 Å². The smallest absolute Gasteiger partial charge is 0.323 e. The number of hydrogen-bond donors (Lipinski definition) is 2. The lowest BCUT2D eigenvalue weighted by atomic mass is 10.3. The summed E-state index contributed by atoms with van der Waals surface area (Å²) in [6.45, 7) is 3.85. The molecule has 0 aliphatic carbocycles. The summed E-state index contributed by atoms with van der Waals surface area (Å²) in [5, 5.41) is 6.07. The van der Waals surface area contributed by atoms with Crippen molar-refractivity contribution >= 4 is 33.6 Å². The molecule has 4 rings (SSSR count). The van der Waals surface area contributed by atoms with Gasteiger partial charge in [-0.25, -0.2) is 9.78 Å². The summed E-state index contributed by atoms with van der Waals surface area (Å²) in [6, 6.07) is 11.4. The molecule has 0 saturated carbocycles. The van der Waals surface area contributed by atoms with Crippen LogP contribution >= 0.6 is 11.3 Å². The molecule has 0 radical (unpaired) electrons. The van der Waals surface area contributed by atoms with Gasteiger partial charge in [-0.05, 0) is 38.1 Å². The molecule has 4 aromatic rings. The number of hydrogen-bond acceptors (Lipinski definition) is 6. The number of thiazole rings is 1. The van der Waals surface area contributed by atoms with Gasteiger partial charge >= 0.3 is 12.0 Å². The van der Waals surface area contributed by atoms with E-state index in [-0.39, 0.29) is 12.6 Å². The first-order valence-electron chi connectivity index (χ1n) is 8.02. The molecular formula is C18H16N4O3S. The van der Waals surface area contributed by atoms with Gasteiger partial charge in [-0.15, -0.1) is 11.3 Å². The van der Waals surface area contributed by atoms with E-state index in [1.54, 1.807) is 18.3 Å². The van der Waals surface area contributed by atoms with Crippen molar-refractivity contribution in [2.24, 2.45) is 0 Å². The Morgan fingerprint density at radius 2 is 1.96 bits per heavy atom. The highest BCUT2D eigenvalue weighted by Gasteiger charge is 2.12. The molecule has 3 heterocycles. The first kappa shape index (κ1) is 16.3. The Balaban J connectivity index is 1.39. The van der Waals surface area contributed by atoms with E-state index in [1.807, 2.05) is 43.3 Å². The minimum Gasteiger partial charge on any atom is -0.457 e. The lowest BCUT2D eigenvalue weighted by Crippen LogP contribution is -2.28. The average Bonchev–Trinajstić information content (AvgIpc) is 3.32. The highest BCUT2D eigenvalue weighted by Crippen LogP contribution is 2.31. The normalized spacial score (nSPS) is 11.0. The predicted octanol–water partition coefficient (Wildman–Crippen LogP) is 4.48. The van der Waals surface area contributed by atoms with Gasteiger partial charge in [-0.1, -0.05) is 12.1 Å². The van der Waals surface area contributed by atoms with Gasteiger partial charge in [0.05, 0.1) is 22.5 Å². The van der Waals surface area contributed by atoms with Crippen LogP contribution in [0.3, 0.4) is 0 Å². The standard InChI is InChI=1S/C18H16N4O3S/c1-10-11(2)24-18(20-10)22-17(23)19-9-12-7-8-14(25-12)16-21-13-5-3-4-6-15(13)26-16/h3-8H,9H2,1-2H3,(H2,19,20,22,23). The Kier molecular flexibility index (Phi) is 4.18. The maximum atomic E-state index is 11.9. The molecule has 2 amide bonds. The first-order valence-corrected chi connectivity index (χ1v) is 8.83. The van der Waals surface area contributed by atoms with E-state index in [2.05, 4.69) is 20.6 Å². The molecule has 2 N–H and O–H groups in total. The second-order valence-electron chi connectivity index (χ2n) is 5.72. The van der Waals surface area contributed by atoms with Crippen LogP contribution in [0.15, 0.2) is 45.2 Å². The molecule has 0 aliphatic rings. The summed E-state index contributed by atoms with van der Waals surface area (Å²) < 4.78 is 12.2. The number of carbonyl (C=O) groups excluding carboxylic acids is 1. The van der Waals surface area contributed by atoms with E-state index < -0.39 is 6.03 Å². The van der Waals surface area contributed by atoms with Gasteiger partial charge in [0.1, 0.15) is 11.5 Å². The fourth-order valence-corrected chi connectivity index (χ4v) is 3.33. The molecule has 0 aliphatic heterocycles. The van der Waals surface area contributed by atoms with E-state index in [1.165, 1.54) is 0 Å². The average molecular weight is 368 g/mol. The number of carbonyl (C=O) groups is 1. The molecule has 0 unspecified atom stereocenters. The minimum absolute atomic E-state index is 0.173. The van der Waals surface area contributed by atoms with Crippen molar-refractivity contribution in [3.05, 3.63) is 53.6 Å². The van der Waals surface area contributed by atoms with Gasteiger partial charge < -0.3 is 14.2 Å². The Hall–Kier alpha value is -3.13. The van der Waals surface area contributed by atoms with Gasteiger partial charge in [-0.2, -0.15) is 4.98 Å². The summed E-state index contributed by atoms with van der Waals surface area (Å²) >= 11 is 1.57. The van der Waals surface area contributed by atoms with Crippen molar-refractivity contribution in [3.63, 3.8) is 0 Å². The summed E-state index contributed by atoms with van der Waals surface area (Å²) in [5.41, 5.74) is 1.69. The van der Waals surface area contributed by atoms with Crippen LogP contribution in [-0.4, -0.2) is 16.0 Å². The van der Waals surface area contributed by atoms with Gasteiger partial charge in [-0.3, -0.25) is 5.32 Å². The molecule has 1 aromatic carbocycles. The first-order chi connectivity index (χ1) is 12.6. The number of aryl methyl sites for hydroxylation is 2. The number of urea groups is 1. The van der Waals surface area contributed by atoms with Crippen LogP contribution in [0, 0.1) is 13.8 Å². The SMILES string of the molecule is Cc1nc(NC(=O)NCc2ccc(-c3nc4ccccc4s3)o2)oc1C. The predicted molar refractivity (Wildman–Crippen MR) is 99.2 cm³/mol. The number of fused-ring (bicyclic) bond motifs is 1. The topological polar surface area (TPSA) is 93.2 Å². The summed E-state index contributed by atoms with van der Waals surface area (Å²) in [4.78, 5) is 20.6. The Morgan fingerprint density at radius 3 is 2.73 bits per heavy atom. The van der Waals surface area contributed by atoms with Crippen LogP contribution in [0.2, 0.25) is 0 Å². The quantitative estimate of drug-likeness (QED) is 0.554. The van der Waals surface area contributed by atoms with E-state index in [4.69, 9.17) is 8.83 Å². The molecule has 3 aromatic heterocycles. The van der Waals surface area contributed by atoms with Crippen molar-refractivity contribution in [2.45, 2.75) is 20.4 Å². The molecule has 7 nitrogen and oxygen atoms in total. The number of anilines is 1. The van der Waals surface area contributed by atoms with E-state index >= 15 is 0 Å². The number of furan rings is 1. The van der Waals surface area contributed by atoms with Crippen LogP contribution in [-0.2, 0) is 6.54 Å². The Bertz CT molecular complexity index is 1030. The summed E-state index contributed by atoms with van der Waals surface area (Å²) in [7, 11) is 0. The monoisotopic (exact) mass is 368 g/mol. The highest BCUT2D eigenvalue weighted by atomic mass is 32.1. The lowest BCUT2D eigenvalue weighted by molar-refractivity contribution is 0.250. The van der Waals surface area contributed by atoms with Crippen LogP contribution in [0.1, 0.15) is 17.2 Å². The van der Waals surface area contributed by atoms with Crippen molar-refractivity contribution in [1.82, 2.24) is 15.3 Å². The van der Waals surface area contributed by atoms with Gasteiger partial charge in [0, 0.05) is 0 Å². The molecule has 26 heavy (non-hydrogen) atoms. The third-order valence-electron chi connectivity index (χ3n) is 3.84. The zero-order valence-electron chi connectivity index (χ0n) is 14.2. The van der Waals surface area contributed by atoms with Crippen molar-refractivity contribution < 1.29 is 13.6 Å². The minimum atomic E-state index is -0.413. The number of nitrogens with one attached hydrogen (secondary N) is 2. The maximum Gasteiger partial charge on any atom is 0.323 e. The van der Waals surface area contributed by atoms with Crippen molar-refractivity contribution in [2.75, 3.05) is 5.32 Å². The number of oxazole rings is 1. The zero-order chi connectivity index (χ0) is 18.1. The van der Waals surface area contributed by atoms with Crippen LogP contribution in [0.5, 0.6) is 0 Å². The summed E-state index contributed by atoms with van der Waals surface area (Å²) in [5.74, 6) is 1.99. The Labute approximate surface area is 153 Å². The fourth-order valence-electron chi connectivity index (χ4n) is 2.40. The molecule has 132 valence electrons. The molecule has 0 bridgehead atoms. The third-order valence-corrected chi connectivity index (χ3v) is 4.89. The van der Waals surface area contributed by atoms with E-state index in [0.29, 0.717) is 17.3 Å². The third kappa shape index (κ3) is 3.31. The van der Waals surface area contributed by atoms with Crippen LogP contribution < -0.4 is 10.6 Å². The second-order valence-corrected chi connectivity index (χ2v) is 6.75. The van der Waals surface area contributed by atoms with E-state index in [9.17, 15) is 4.79 Å². The molecular weight excluding hydrogens is 352 g/mol. The maximum absolute atomic E-state index is 11.9. The molecule has 0 fully saturated rings. The van der Waals surface area contributed by atoms with Crippen molar-refractivity contribution in [3.8, 4) is 10.8 Å². The summed E-state index contributed by atoms with van der Waals surface area (Å²) in [6.07, 6.45) is 0. The van der Waals surface area contributed by atoms with Crippen molar-refractivity contribution in [1.29, 1.82) is 0 Å². The van der Waals surface area contributed by atoms with Crippen LogP contribution in [0.25, 0.3) is 21.0 Å². The number of amides is 2. The molecule has 0 atom stereocenters. The second kappa shape index (κ2) is 6.64. The fraction of sp³-hybridized carbons (Fsp3) is 0.167. The number of benzene rings is 1. The molecule has 0 spiro atoms. The zero-order valence-corrected chi connectivity index (χ0v) is 15.0. The number of nitrogens with zero attached hydrogens (tertiary/aromatic N) is 2. The van der Waals surface area contributed by atoms with E-state index in [0.717, 1.165) is 20.9 Å². The number of aromatic nitrogens is 2. The molecule has 8 heteroatoms. The number of rotatable bonds is 4. The lowest BCUT2D eigenvalue weighted by Gasteiger charge is -2.02.